The van der Waals surface area contributed by atoms with Crippen molar-refractivity contribution in [1.29, 1.82) is 0 Å². The zero-order valence-electron chi connectivity index (χ0n) is 14.5. The zero-order chi connectivity index (χ0) is 16.8. The van der Waals surface area contributed by atoms with Crippen LogP contribution in [-0.2, 0) is 9.59 Å². The van der Waals surface area contributed by atoms with E-state index in [1.54, 1.807) is 4.90 Å². The molecule has 1 aromatic carbocycles. The Morgan fingerprint density at radius 2 is 1.96 bits per heavy atom. The normalized spacial score (nSPS) is 17.1. The van der Waals surface area contributed by atoms with Gasteiger partial charge in [0.2, 0.25) is 11.8 Å². The molecule has 134 valence electrons. The van der Waals surface area contributed by atoms with Crippen LogP contribution in [0.3, 0.4) is 0 Å². The molecule has 0 bridgehead atoms. The molecule has 5 nitrogen and oxygen atoms in total. The first-order valence-electron chi connectivity index (χ1n) is 8.43. The van der Waals surface area contributed by atoms with Crippen molar-refractivity contribution in [3.63, 3.8) is 0 Å². The van der Waals surface area contributed by atoms with Crippen LogP contribution in [0.1, 0.15) is 44.6 Å². The standard InChI is InChI=1S/C18H27N3O2.ClH/c1-13(2)14-5-7-15(8-6-14)21-12-9-16(18(21)23)17(22)20-11-4-3-10-19;/h5-8,13,16H,3-4,9-12,19H2,1-2H3,(H,20,22);1H. The first-order chi connectivity index (χ1) is 11.0. The Kier molecular flexibility index (Phi) is 8.22. The molecule has 6 heteroatoms. The van der Waals surface area contributed by atoms with Gasteiger partial charge in [-0.15, -0.1) is 12.4 Å². The van der Waals surface area contributed by atoms with Crippen LogP contribution in [-0.4, -0.2) is 31.4 Å². The quantitative estimate of drug-likeness (QED) is 0.584. The average Bonchev–Trinajstić information content (AvgIpc) is 2.93. The average molecular weight is 354 g/mol. The number of nitrogens with two attached hydrogens (primary N) is 1. The van der Waals surface area contributed by atoms with Crippen molar-refractivity contribution in [2.75, 3.05) is 24.5 Å². The fourth-order valence-corrected chi connectivity index (χ4v) is 2.82. The number of carbonyl (C=O) groups is 2. The van der Waals surface area contributed by atoms with Crippen LogP contribution in [0.15, 0.2) is 24.3 Å². The van der Waals surface area contributed by atoms with Gasteiger partial charge in [0.1, 0.15) is 5.92 Å². The fourth-order valence-electron chi connectivity index (χ4n) is 2.82. The van der Waals surface area contributed by atoms with Gasteiger partial charge in [0, 0.05) is 18.8 Å². The molecule has 1 saturated heterocycles. The monoisotopic (exact) mass is 353 g/mol. The highest BCUT2D eigenvalue weighted by Gasteiger charge is 2.37. The Bertz CT molecular complexity index is 546. The van der Waals surface area contributed by atoms with Gasteiger partial charge in [-0.25, -0.2) is 0 Å². The van der Waals surface area contributed by atoms with E-state index in [1.807, 2.05) is 24.3 Å². The van der Waals surface area contributed by atoms with Crippen LogP contribution in [0.2, 0.25) is 0 Å². The summed E-state index contributed by atoms with van der Waals surface area (Å²) >= 11 is 0. The Balaban J connectivity index is 0.00000288. The van der Waals surface area contributed by atoms with Crippen LogP contribution in [0.5, 0.6) is 0 Å². The molecule has 1 aliphatic rings. The van der Waals surface area contributed by atoms with Gasteiger partial charge in [-0.2, -0.15) is 0 Å². The number of unbranched alkanes of at least 4 members (excludes halogenated alkanes) is 1. The van der Waals surface area contributed by atoms with E-state index in [0.29, 0.717) is 32.0 Å². The summed E-state index contributed by atoms with van der Waals surface area (Å²) in [6.45, 7) is 6.09. The lowest BCUT2D eigenvalue weighted by Gasteiger charge is -2.18. The highest BCUT2D eigenvalue weighted by molar-refractivity contribution is 6.09. The minimum Gasteiger partial charge on any atom is -0.355 e. The fraction of sp³-hybridized carbons (Fsp3) is 0.556. The minimum atomic E-state index is -0.558. The summed E-state index contributed by atoms with van der Waals surface area (Å²) in [4.78, 5) is 26.4. The van der Waals surface area contributed by atoms with Crippen LogP contribution in [0.4, 0.5) is 5.69 Å². The molecule has 1 atom stereocenters. The summed E-state index contributed by atoms with van der Waals surface area (Å²) < 4.78 is 0. The summed E-state index contributed by atoms with van der Waals surface area (Å²) in [5, 5.41) is 2.84. The van der Waals surface area contributed by atoms with Crippen LogP contribution in [0, 0.1) is 5.92 Å². The molecule has 1 unspecified atom stereocenters. The SMILES string of the molecule is CC(C)c1ccc(N2CCC(C(=O)NCCCCN)C2=O)cc1.Cl. The van der Waals surface area contributed by atoms with Gasteiger partial charge in [-0.3, -0.25) is 9.59 Å². The van der Waals surface area contributed by atoms with Gasteiger partial charge in [0.25, 0.3) is 0 Å². The smallest absolute Gasteiger partial charge is 0.239 e. The molecule has 0 aromatic heterocycles. The second-order valence-corrected chi connectivity index (χ2v) is 6.36. The van der Waals surface area contributed by atoms with Crippen LogP contribution < -0.4 is 16.0 Å². The third-order valence-electron chi connectivity index (χ3n) is 4.32. The van der Waals surface area contributed by atoms with Gasteiger partial charge in [-0.1, -0.05) is 26.0 Å². The number of anilines is 1. The summed E-state index contributed by atoms with van der Waals surface area (Å²) in [5.41, 5.74) is 7.55. The highest BCUT2D eigenvalue weighted by Crippen LogP contribution is 2.27. The number of rotatable bonds is 7. The van der Waals surface area contributed by atoms with Crippen molar-refractivity contribution in [3.05, 3.63) is 29.8 Å². The van der Waals surface area contributed by atoms with Gasteiger partial charge in [0.15, 0.2) is 0 Å². The number of benzene rings is 1. The van der Waals surface area contributed by atoms with E-state index in [1.165, 1.54) is 5.56 Å². The second-order valence-electron chi connectivity index (χ2n) is 6.36. The molecule has 0 aliphatic carbocycles. The van der Waals surface area contributed by atoms with E-state index in [4.69, 9.17) is 5.73 Å². The number of amides is 2. The van der Waals surface area contributed by atoms with Gasteiger partial charge < -0.3 is 16.0 Å². The maximum atomic E-state index is 12.5. The molecule has 1 aromatic rings. The number of carbonyl (C=O) groups excluding carboxylic acids is 2. The molecule has 2 amide bonds. The van der Waals surface area contributed by atoms with Crippen molar-refractivity contribution in [2.24, 2.45) is 11.7 Å². The molecule has 3 N–H and O–H groups in total. The van der Waals surface area contributed by atoms with E-state index in [2.05, 4.69) is 19.2 Å². The van der Waals surface area contributed by atoms with Crippen LogP contribution >= 0.6 is 12.4 Å². The van der Waals surface area contributed by atoms with Gasteiger partial charge >= 0.3 is 0 Å². The van der Waals surface area contributed by atoms with E-state index in [0.717, 1.165) is 18.5 Å². The number of halogens is 1. The summed E-state index contributed by atoms with van der Waals surface area (Å²) in [6, 6.07) is 8.03. The number of nitrogens with zero attached hydrogens (tertiary/aromatic N) is 1. The molecule has 2 rings (SSSR count). The number of hydrogen-bond acceptors (Lipinski definition) is 3. The largest absolute Gasteiger partial charge is 0.355 e. The number of nitrogens with one attached hydrogen (secondary N) is 1. The van der Waals surface area contributed by atoms with Crippen molar-refractivity contribution in [3.8, 4) is 0 Å². The third-order valence-corrected chi connectivity index (χ3v) is 4.32. The Hall–Kier alpha value is -1.59. The lowest BCUT2D eigenvalue weighted by atomic mass is 10.0. The first kappa shape index (κ1) is 20.5. The predicted molar refractivity (Wildman–Crippen MR) is 99.5 cm³/mol. The van der Waals surface area contributed by atoms with E-state index >= 15 is 0 Å². The van der Waals surface area contributed by atoms with Gasteiger partial charge in [-0.05, 0) is 49.4 Å². The minimum absolute atomic E-state index is 0. The Morgan fingerprint density at radius 1 is 1.29 bits per heavy atom. The molecular formula is C18H28ClN3O2. The lowest BCUT2D eigenvalue weighted by Crippen LogP contribution is -2.37. The summed E-state index contributed by atoms with van der Waals surface area (Å²) in [6.07, 6.45) is 2.31. The van der Waals surface area contributed by atoms with Crippen molar-refractivity contribution >= 4 is 29.9 Å². The van der Waals surface area contributed by atoms with E-state index in [-0.39, 0.29) is 24.2 Å². The zero-order valence-corrected chi connectivity index (χ0v) is 15.3. The molecule has 0 spiro atoms. The van der Waals surface area contributed by atoms with Crippen molar-refractivity contribution < 1.29 is 9.59 Å². The third kappa shape index (κ3) is 4.95. The maximum Gasteiger partial charge on any atom is 0.239 e. The Morgan fingerprint density at radius 3 is 2.54 bits per heavy atom. The second kappa shape index (κ2) is 9.64. The van der Waals surface area contributed by atoms with Crippen molar-refractivity contribution in [2.45, 2.75) is 39.0 Å². The van der Waals surface area contributed by atoms with Crippen LogP contribution in [0.25, 0.3) is 0 Å². The molecular weight excluding hydrogens is 326 g/mol. The Labute approximate surface area is 150 Å². The topological polar surface area (TPSA) is 75.4 Å². The maximum absolute atomic E-state index is 12.5. The molecule has 0 radical (unpaired) electrons. The molecule has 0 saturated carbocycles. The molecule has 1 aliphatic heterocycles. The molecule has 1 heterocycles. The lowest BCUT2D eigenvalue weighted by molar-refractivity contribution is -0.132. The molecule has 24 heavy (non-hydrogen) atoms. The number of hydrogen-bond donors (Lipinski definition) is 2. The first-order valence-corrected chi connectivity index (χ1v) is 8.43. The predicted octanol–water partition coefficient (Wildman–Crippen LogP) is 2.44. The summed E-state index contributed by atoms with van der Waals surface area (Å²) in [5.74, 6) is -0.352. The molecule has 1 fully saturated rings. The summed E-state index contributed by atoms with van der Waals surface area (Å²) in [7, 11) is 0. The van der Waals surface area contributed by atoms with E-state index in [9.17, 15) is 9.59 Å². The highest BCUT2D eigenvalue weighted by atomic mass is 35.5. The van der Waals surface area contributed by atoms with E-state index < -0.39 is 5.92 Å². The van der Waals surface area contributed by atoms with Gasteiger partial charge in [0.05, 0.1) is 0 Å². The van der Waals surface area contributed by atoms with Crippen molar-refractivity contribution in [1.82, 2.24) is 5.32 Å².